The van der Waals surface area contributed by atoms with Gasteiger partial charge in [0, 0.05) is 13.6 Å². The molecule has 1 atom stereocenters. The summed E-state index contributed by atoms with van der Waals surface area (Å²) >= 11 is 12.2. The highest BCUT2D eigenvalue weighted by Gasteiger charge is 2.36. The Labute approximate surface area is 142 Å². The Morgan fingerprint density at radius 3 is 2.71 bits per heavy atom. The van der Waals surface area contributed by atoms with E-state index in [1.54, 1.807) is 18.0 Å². The quantitative estimate of drug-likeness (QED) is 0.895. The zero-order chi connectivity index (χ0) is 14.8. The number of hydrogen-bond donors (Lipinski definition) is 1. The van der Waals surface area contributed by atoms with Gasteiger partial charge in [-0.2, -0.15) is 0 Å². The molecule has 0 spiro atoms. The van der Waals surface area contributed by atoms with Crippen molar-refractivity contribution in [3.63, 3.8) is 0 Å². The van der Waals surface area contributed by atoms with Crippen LogP contribution < -0.4 is 5.32 Å². The maximum atomic E-state index is 12.6. The van der Waals surface area contributed by atoms with E-state index in [2.05, 4.69) is 5.32 Å². The fraction of sp³-hybridized carbons (Fsp3) is 0.533. The van der Waals surface area contributed by atoms with Gasteiger partial charge in [-0.05, 0) is 44.4 Å². The van der Waals surface area contributed by atoms with Crippen molar-refractivity contribution < 1.29 is 4.79 Å². The lowest BCUT2D eigenvalue weighted by Gasteiger charge is -2.36. The average molecular weight is 352 g/mol. The van der Waals surface area contributed by atoms with Crippen molar-refractivity contribution in [2.75, 3.05) is 13.6 Å². The Balaban J connectivity index is 0.00000220. The second kappa shape index (κ2) is 7.68. The molecule has 0 saturated carbocycles. The fourth-order valence-corrected chi connectivity index (χ4v) is 3.04. The number of nitrogens with zero attached hydrogens (tertiary/aromatic N) is 1. The molecular formula is C15H21Cl3N2O. The van der Waals surface area contributed by atoms with Crippen molar-refractivity contribution in [3.8, 4) is 0 Å². The minimum atomic E-state index is -0.460. The van der Waals surface area contributed by atoms with Gasteiger partial charge < -0.3 is 10.2 Å². The molecule has 1 N–H and O–H groups in total. The van der Waals surface area contributed by atoms with Gasteiger partial charge >= 0.3 is 0 Å². The number of benzene rings is 1. The second-order valence-corrected chi connectivity index (χ2v) is 6.38. The third-order valence-electron chi connectivity index (χ3n) is 3.88. The number of hydrogen-bond acceptors (Lipinski definition) is 2. The lowest BCUT2D eigenvalue weighted by Crippen LogP contribution is -2.57. The van der Waals surface area contributed by atoms with Gasteiger partial charge in [-0.25, -0.2) is 0 Å². The van der Waals surface area contributed by atoms with Crippen LogP contribution >= 0.6 is 35.6 Å². The van der Waals surface area contributed by atoms with Crippen molar-refractivity contribution in [2.45, 2.75) is 38.3 Å². The van der Waals surface area contributed by atoms with E-state index in [0.717, 1.165) is 31.4 Å². The van der Waals surface area contributed by atoms with E-state index in [0.29, 0.717) is 16.6 Å². The van der Waals surface area contributed by atoms with Crippen LogP contribution in [-0.2, 0) is 11.3 Å². The summed E-state index contributed by atoms with van der Waals surface area (Å²) in [5.74, 6) is 0.105. The number of halogens is 3. The van der Waals surface area contributed by atoms with E-state index >= 15 is 0 Å². The Morgan fingerprint density at radius 2 is 2.10 bits per heavy atom. The lowest BCUT2D eigenvalue weighted by atomic mass is 9.89. The normalized spacial score (nSPS) is 21.5. The molecule has 1 aliphatic rings. The van der Waals surface area contributed by atoms with Crippen molar-refractivity contribution in [1.29, 1.82) is 0 Å². The van der Waals surface area contributed by atoms with Crippen LogP contribution in [0.15, 0.2) is 18.2 Å². The van der Waals surface area contributed by atoms with Gasteiger partial charge in [-0.1, -0.05) is 35.3 Å². The molecule has 1 heterocycles. The summed E-state index contributed by atoms with van der Waals surface area (Å²) < 4.78 is 0. The summed E-state index contributed by atoms with van der Waals surface area (Å²) in [5, 5.41) is 4.38. The summed E-state index contributed by atoms with van der Waals surface area (Å²) in [7, 11) is 1.81. The molecule has 0 radical (unpaired) electrons. The smallest absolute Gasteiger partial charge is 0.242 e. The summed E-state index contributed by atoms with van der Waals surface area (Å²) in [6.45, 7) is 3.34. The zero-order valence-corrected chi connectivity index (χ0v) is 14.6. The van der Waals surface area contributed by atoms with Crippen molar-refractivity contribution in [3.05, 3.63) is 33.8 Å². The summed E-state index contributed by atoms with van der Waals surface area (Å²) in [5.41, 5.74) is 0.410. The summed E-state index contributed by atoms with van der Waals surface area (Å²) in [6, 6.07) is 5.50. The first-order valence-electron chi connectivity index (χ1n) is 6.87. The van der Waals surface area contributed by atoms with Crippen molar-refractivity contribution >= 4 is 41.5 Å². The molecule has 118 valence electrons. The minimum absolute atomic E-state index is 0. The number of likely N-dealkylation sites (N-methyl/N-ethyl adjacent to an activating group) is 1. The Morgan fingerprint density at radius 1 is 1.38 bits per heavy atom. The predicted octanol–water partition coefficient (Wildman–Crippen LogP) is 3.91. The van der Waals surface area contributed by atoms with E-state index in [1.165, 1.54) is 0 Å². The molecule has 21 heavy (non-hydrogen) atoms. The maximum absolute atomic E-state index is 12.6. The van der Waals surface area contributed by atoms with Gasteiger partial charge in [0.1, 0.15) is 0 Å². The number of nitrogens with one attached hydrogen (secondary N) is 1. The largest absolute Gasteiger partial charge is 0.340 e. The molecule has 0 aliphatic carbocycles. The average Bonchev–Trinajstić information content (AvgIpc) is 2.44. The van der Waals surface area contributed by atoms with Crippen LogP contribution in [0.5, 0.6) is 0 Å². The van der Waals surface area contributed by atoms with Gasteiger partial charge in [0.15, 0.2) is 0 Å². The van der Waals surface area contributed by atoms with Crippen LogP contribution in [0.2, 0.25) is 10.0 Å². The lowest BCUT2D eigenvalue weighted by molar-refractivity contribution is -0.137. The van der Waals surface area contributed by atoms with E-state index in [4.69, 9.17) is 23.2 Å². The first kappa shape index (κ1) is 18.6. The number of piperidine rings is 1. The van der Waals surface area contributed by atoms with E-state index in [9.17, 15) is 4.79 Å². The molecule has 1 unspecified atom stereocenters. The Bertz CT molecular complexity index is 502. The zero-order valence-electron chi connectivity index (χ0n) is 12.3. The molecule has 1 aliphatic heterocycles. The third kappa shape index (κ3) is 4.26. The Hall–Kier alpha value is -0.480. The van der Waals surface area contributed by atoms with Gasteiger partial charge in [-0.15, -0.1) is 12.4 Å². The molecule has 3 nitrogen and oxygen atoms in total. The van der Waals surface area contributed by atoms with Gasteiger partial charge in [-0.3, -0.25) is 4.79 Å². The molecule has 1 aromatic carbocycles. The van der Waals surface area contributed by atoms with Crippen molar-refractivity contribution in [2.24, 2.45) is 0 Å². The second-order valence-electron chi connectivity index (χ2n) is 5.59. The first-order chi connectivity index (χ1) is 9.44. The van der Waals surface area contributed by atoms with Crippen LogP contribution in [0, 0.1) is 0 Å². The molecule has 0 bridgehead atoms. The predicted molar refractivity (Wildman–Crippen MR) is 90.4 cm³/mol. The molecule has 2 rings (SSSR count). The highest BCUT2D eigenvalue weighted by molar-refractivity contribution is 6.42. The molecule has 1 saturated heterocycles. The standard InChI is InChI=1S/C15H20Cl2N2O.ClH/c1-15(8-3-4-9-18-15)14(20)19(2)10-11-6-5-7-12(16)13(11)17;/h5-7,18H,3-4,8-10H2,1-2H3;1H. The molecule has 0 aromatic heterocycles. The molecule has 1 aromatic rings. The summed E-state index contributed by atoms with van der Waals surface area (Å²) in [6.07, 6.45) is 3.09. The van der Waals surface area contributed by atoms with Crippen LogP contribution in [0.25, 0.3) is 0 Å². The number of rotatable bonds is 3. The SMILES string of the molecule is CN(Cc1cccc(Cl)c1Cl)C(=O)C1(C)CCCCN1.Cl. The Kier molecular flexibility index (Phi) is 6.79. The molecule has 1 fully saturated rings. The molecule has 1 amide bonds. The number of carbonyl (C=O) groups is 1. The highest BCUT2D eigenvalue weighted by Crippen LogP contribution is 2.27. The fourth-order valence-electron chi connectivity index (χ4n) is 2.66. The van der Waals surface area contributed by atoms with Gasteiger partial charge in [0.05, 0.1) is 15.6 Å². The topological polar surface area (TPSA) is 32.3 Å². The number of carbonyl (C=O) groups excluding carboxylic acids is 1. The molecule has 6 heteroatoms. The van der Waals surface area contributed by atoms with E-state index in [1.807, 2.05) is 19.1 Å². The van der Waals surface area contributed by atoms with E-state index in [-0.39, 0.29) is 18.3 Å². The van der Waals surface area contributed by atoms with E-state index < -0.39 is 5.54 Å². The third-order valence-corrected chi connectivity index (χ3v) is 4.73. The van der Waals surface area contributed by atoms with Gasteiger partial charge in [0.25, 0.3) is 0 Å². The monoisotopic (exact) mass is 350 g/mol. The van der Waals surface area contributed by atoms with Gasteiger partial charge in [0.2, 0.25) is 5.91 Å². The first-order valence-corrected chi connectivity index (χ1v) is 7.63. The van der Waals surface area contributed by atoms with Crippen LogP contribution in [0.4, 0.5) is 0 Å². The van der Waals surface area contributed by atoms with Crippen LogP contribution in [0.3, 0.4) is 0 Å². The maximum Gasteiger partial charge on any atom is 0.242 e. The van der Waals surface area contributed by atoms with Crippen LogP contribution in [-0.4, -0.2) is 29.9 Å². The van der Waals surface area contributed by atoms with Crippen molar-refractivity contribution in [1.82, 2.24) is 10.2 Å². The number of amides is 1. The summed E-state index contributed by atoms with van der Waals surface area (Å²) in [4.78, 5) is 14.3. The highest BCUT2D eigenvalue weighted by atomic mass is 35.5. The molecular weight excluding hydrogens is 331 g/mol. The minimum Gasteiger partial charge on any atom is -0.340 e. The van der Waals surface area contributed by atoms with Crippen LogP contribution in [0.1, 0.15) is 31.7 Å².